The number of benzene rings is 1. The second-order valence-electron chi connectivity index (χ2n) is 5.82. The monoisotopic (exact) mass is 273 g/mol. The van der Waals surface area contributed by atoms with E-state index in [1.165, 1.54) is 0 Å². The molecule has 1 aromatic rings. The lowest BCUT2D eigenvalue weighted by Crippen LogP contribution is -2.32. The van der Waals surface area contributed by atoms with Gasteiger partial charge in [-0.05, 0) is 25.1 Å². The Hall–Kier alpha value is -1.61. The molecule has 0 aliphatic carbocycles. The van der Waals surface area contributed by atoms with E-state index in [1.807, 2.05) is 37.4 Å². The third-order valence-corrected chi connectivity index (χ3v) is 3.34. The number of likely N-dealkylation sites (tertiary alicyclic amines) is 1. The Morgan fingerprint density at radius 2 is 2.10 bits per heavy atom. The van der Waals surface area contributed by atoms with Gasteiger partial charge in [-0.15, -0.1) is 0 Å². The van der Waals surface area contributed by atoms with E-state index in [9.17, 15) is 4.79 Å². The zero-order chi connectivity index (χ0) is 14.5. The molecule has 0 amide bonds. The van der Waals surface area contributed by atoms with Crippen LogP contribution in [0.3, 0.4) is 0 Å². The molecule has 0 bridgehead atoms. The molecule has 20 heavy (non-hydrogen) atoms. The lowest BCUT2D eigenvalue weighted by atomic mass is 10.0. The van der Waals surface area contributed by atoms with E-state index < -0.39 is 0 Å². The van der Waals surface area contributed by atoms with E-state index in [1.54, 1.807) is 0 Å². The van der Waals surface area contributed by atoms with Crippen LogP contribution in [0.15, 0.2) is 29.8 Å². The molecule has 1 saturated heterocycles. The van der Waals surface area contributed by atoms with Crippen LogP contribution in [0.2, 0.25) is 0 Å². The maximum absolute atomic E-state index is 12.0. The van der Waals surface area contributed by atoms with Crippen molar-refractivity contribution in [3.05, 3.63) is 35.4 Å². The molecular formula is C17H23NO2. The van der Waals surface area contributed by atoms with Gasteiger partial charge in [0.25, 0.3) is 0 Å². The van der Waals surface area contributed by atoms with Crippen LogP contribution in [-0.4, -0.2) is 37.4 Å². The van der Waals surface area contributed by atoms with Gasteiger partial charge < -0.3 is 9.64 Å². The van der Waals surface area contributed by atoms with Gasteiger partial charge in [-0.25, -0.2) is 0 Å². The average molecular weight is 273 g/mol. The topological polar surface area (TPSA) is 29.5 Å². The molecule has 3 nitrogen and oxygen atoms in total. The van der Waals surface area contributed by atoms with Crippen molar-refractivity contribution in [1.29, 1.82) is 0 Å². The second kappa shape index (κ2) is 6.71. The zero-order valence-corrected chi connectivity index (χ0v) is 12.6. The highest BCUT2D eigenvalue weighted by molar-refractivity contribution is 6.01. The van der Waals surface area contributed by atoms with E-state index in [4.69, 9.17) is 4.74 Å². The number of hydrogen-bond acceptors (Lipinski definition) is 3. The van der Waals surface area contributed by atoms with Crippen molar-refractivity contribution in [3.63, 3.8) is 0 Å². The van der Waals surface area contributed by atoms with E-state index in [-0.39, 0.29) is 5.78 Å². The number of Topliss-reactive ketones (excluding diaryl/α,β-unsaturated/α-hetero) is 1. The molecule has 0 N–H and O–H groups in total. The third kappa shape index (κ3) is 3.94. The van der Waals surface area contributed by atoms with Crippen LogP contribution in [0.25, 0.3) is 6.08 Å². The maximum atomic E-state index is 12.0. The summed E-state index contributed by atoms with van der Waals surface area (Å²) in [6.07, 6.45) is 2.59. The van der Waals surface area contributed by atoms with Crippen LogP contribution < -0.4 is 4.74 Å². The SMILES string of the molecule is CC(C)COc1ccccc1/C=C1\CN(C)CCC1=O. The van der Waals surface area contributed by atoms with Gasteiger partial charge in [-0.3, -0.25) is 4.79 Å². The van der Waals surface area contributed by atoms with Crippen molar-refractivity contribution in [1.82, 2.24) is 4.90 Å². The quantitative estimate of drug-likeness (QED) is 0.790. The number of ketones is 1. The fourth-order valence-electron chi connectivity index (χ4n) is 2.21. The van der Waals surface area contributed by atoms with E-state index in [0.29, 0.717) is 18.9 Å². The van der Waals surface area contributed by atoms with Gasteiger partial charge in [0.15, 0.2) is 5.78 Å². The summed E-state index contributed by atoms with van der Waals surface area (Å²) >= 11 is 0. The van der Waals surface area contributed by atoms with Crippen molar-refractivity contribution in [2.45, 2.75) is 20.3 Å². The van der Waals surface area contributed by atoms with Crippen LogP contribution in [0, 0.1) is 5.92 Å². The molecule has 1 fully saturated rings. The number of piperidine rings is 1. The Kier molecular flexibility index (Phi) is 4.96. The number of carbonyl (C=O) groups is 1. The fraction of sp³-hybridized carbons (Fsp3) is 0.471. The number of likely N-dealkylation sites (N-methyl/N-ethyl adjacent to an activating group) is 1. The number of rotatable bonds is 4. The van der Waals surface area contributed by atoms with Crippen LogP contribution in [0.4, 0.5) is 0 Å². The summed E-state index contributed by atoms with van der Waals surface area (Å²) in [5.74, 6) is 1.59. The molecule has 2 rings (SSSR count). The van der Waals surface area contributed by atoms with Gasteiger partial charge in [0.05, 0.1) is 6.61 Å². The molecular weight excluding hydrogens is 250 g/mol. The Morgan fingerprint density at radius 1 is 1.35 bits per heavy atom. The van der Waals surface area contributed by atoms with Crippen LogP contribution >= 0.6 is 0 Å². The van der Waals surface area contributed by atoms with Gasteiger partial charge in [0.2, 0.25) is 0 Å². The number of carbonyl (C=O) groups excluding carboxylic acids is 1. The molecule has 0 unspecified atom stereocenters. The minimum atomic E-state index is 0.252. The number of hydrogen-bond donors (Lipinski definition) is 0. The number of nitrogens with zero attached hydrogens (tertiary/aromatic N) is 1. The summed E-state index contributed by atoms with van der Waals surface area (Å²) in [4.78, 5) is 14.2. The minimum Gasteiger partial charge on any atom is -0.493 e. The highest BCUT2D eigenvalue weighted by Crippen LogP contribution is 2.23. The summed E-state index contributed by atoms with van der Waals surface area (Å²) < 4.78 is 5.83. The molecule has 3 heteroatoms. The van der Waals surface area contributed by atoms with Crippen LogP contribution in [-0.2, 0) is 4.79 Å². The summed E-state index contributed by atoms with van der Waals surface area (Å²) in [7, 11) is 2.04. The van der Waals surface area contributed by atoms with E-state index >= 15 is 0 Å². The molecule has 0 spiro atoms. The van der Waals surface area contributed by atoms with Crippen molar-refractivity contribution in [2.24, 2.45) is 5.92 Å². The normalized spacial score (nSPS) is 18.8. The number of para-hydroxylation sites is 1. The predicted molar refractivity (Wildman–Crippen MR) is 81.9 cm³/mol. The smallest absolute Gasteiger partial charge is 0.161 e. The third-order valence-electron chi connectivity index (χ3n) is 3.34. The Bertz CT molecular complexity index is 505. The highest BCUT2D eigenvalue weighted by Gasteiger charge is 2.19. The second-order valence-corrected chi connectivity index (χ2v) is 5.82. The van der Waals surface area contributed by atoms with E-state index in [2.05, 4.69) is 18.7 Å². The lowest BCUT2D eigenvalue weighted by Gasteiger charge is -2.23. The predicted octanol–water partition coefficient (Wildman–Crippen LogP) is 3.01. The lowest BCUT2D eigenvalue weighted by molar-refractivity contribution is -0.117. The highest BCUT2D eigenvalue weighted by atomic mass is 16.5. The molecule has 1 heterocycles. The van der Waals surface area contributed by atoms with Gasteiger partial charge in [-0.1, -0.05) is 32.0 Å². The molecule has 1 aromatic carbocycles. The fourth-order valence-corrected chi connectivity index (χ4v) is 2.21. The van der Waals surface area contributed by atoms with Gasteiger partial charge >= 0.3 is 0 Å². The summed E-state index contributed by atoms with van der Waals surface area (Å²) in [5.41, 5.74) is 1.87. The van der Waals surface area contributed by atoms with Gasteiger partial charge in [0, 0.05) is 30.6 Å². The largest absolute Gasteiger partial charge is 0.493 e. The summed E-state index contributed by atoms with van der Waals surface area (Å²) in [5, 5.41) is 0. The molecule has 1 aliphatic rings. The van der Waals surface area contributed by atoms with Gasteiger partial charge in [0.1, 0.15) is 5.75 Å². The Labute approximate surface area is 121 Å². The van der Waals surface area contributed by atoms with Crippen LogP contribution in [0.5, 0.6) is 5.75 Å². The first-order chi connectivity index (χ1) is 9.56. The summed E-state index contributed by atoms with van der Waals surface area (Å²) in [6, 6.07) is 7.91. The van der Waals surface area contributed by atoms with Gasteiger partial charge in [-0.2, -0.15) is 0 Å². The first-order valence-corrected chi connectivity index (χ1v) is 7.20. The minimum absolute atomic E-state index is 0.252. The maximum Gasteiger partial charge on any atom is 0.161 e. The number of ether oxygens (including phenoxy) is 1. The molecule has 0 atom stereocenters. The zero-order valence-electron chi connectivity index (χ0n) is 12.6. The summed E-state index contributed by atoms with van der Waals surface area (Å²) in [6.45, 7) is 6.51. The molecule has 108 valence electrons. The van der Waals surface area contributed by atoms with E-state index in [0.717, 1.165) is 30.0 Å². The van der Waals surface area contributed by atoms with Crippen molar-refractivity contribution in [3.8, 4) is 5.75 Å². The first-order valence-electron chi connectivity index (χ1n) is 7.20. The average Bonchev–Trinajstić information content (AvgIpc) is 2.42. The molecule has 0 aromatic heterocycles. The molecule has 0 radical (unpaired) electrons. The standard InChI is InChI=1S/C17H23NO2/c1-13(2)12-20-17-7-5-4-6-14(17)10-15-11-18(3)9-8-16(15)19/h4-7,10,13H,8-9,11-12H2,1-3H3/b15-10+. The van der Waals surface area contributed by atoms with Crippen molar-refractivity contribution in [2.75, 3.05) is 26.7 Å². The Balaban J connectivity index is 2.21. The van der Waals surface area contributed by atoms with Crippen LogP contribution in [0.1, 0.15) is 25.8 Å². The molecule has 1 aliphatic heterocycles. The Morgan fingerprint density at radius 3 is 2.85 bits per heavy atom. The first kappa shape index (κ1) is 14.8. The van der Waals surface area contributed by atoms with Crippen molar-refractivity contribution < 1.29 is 9.53 Å². The van der Waals surface area contributed by atoms with Crippen molar-refractivity contribution >= 4 is 11.9 Å². The molecule has 0 saturated carbocycles.